The Morgan fingerprint density at radius 2 is 2.21 bits per heavy atom. The molecular weight excluding hydrogens is 183 g/mol. The number of hydrogen-bond acceptors (Lipinski definition) is 1. The maximum absolute atomic E-state index is 13.4. The molecule has 0 aliphatic carbocycles. The van der Waals surface area contributed by atoms with Crippen LogP contribution in [0.4, 0.5) is 4.39 Å². The number of carboxylic acid groups (broad SMARTS) is 1. The molecule has 3 heteroatoms. The standard InChI is InChI=1S/C11H13FO2/c1-8-4-2-5-9(11(8)12)6-3-7-10(13)14/h2,4-5H,3,6-7H2,1H3,(H,13,14). The van der Waals surface area contributed by atoms with Crippen LogP contribution in [-0.2, 0) is 11.2 Å². The fourth-order valence-electron chi connectivity index (χ4n) is 1.33. The molecule has 0 unspecified atom stereocenters. The van der Waals surface area contributed by atoms with Gasteiger partial charge in [-0.05, 0) is 30.9 Å². The minimum absolute atomic E-state index is 0.0907. The fraction of sp³-hybridized carbons (Fsp3) is 0.364. The Kier molecular flexibility index (Phi) is 3.63. The fourth-order valence-corrected chi connectivity index (χ4v) is 1.33. The molecule has 0 heterocycles. The zero-order valence-corrected chi connectivity index (χ0v) is 8.09. The lowest BCUT2D eigenvalue weighted by atomic mass is 10.0. The lowest BCUT2D eigenvalue weighted by Crippen LogP contribution is -1.98. The van der Waals surface area contributed by atoms with E-state index in [-0.39, 0.29) is 12.2 Å². The van der Waals surface area contributed by atoms with E-state index < -0.39 is 5.97 Å². The number of benzene rings is 1. The van der Waals surface area contributed by atoms with E-state index in [1.165, 1.54) is 0 Å². The van der Waals surface area contributed by atoms with Crippen LogP contribution in [0.5, 0.6) is 0 Å². The molecule has 0 aliphatic rings. The van der Waals surface area contributed by atoms with Crippen LogP contribution >= 0.6 is 0 Å². The van der Waals surface area contributed by atoms with Gasteiger partial charge < -0.3 is 5.11 Å². The molecule has 0 aliphatic heterocycles. The molecule has 0 amide bonds. The average Bonchev–Trinajstić information content (AvgIpc) is 2.12. The summed E-state index contributed by atoms with van der Waals surface area (Å²) in [6, 6.07) is 5.19. The predicted octanol–water partition coefficient (Wildman–Crippen LogP) is 2.54. The third-order valence-electron chi connectivity index (χ3n) is 2.11. The van der Waals surface area contributed by atoms with Crippen molar-refractivity contribution in [2.24, 2.45) is 0 Å². The van der Waals surface area contributed by atoms with Gasteiger partial charge in [-0.1, -0.05) is 18.2 Å². The van der Waals surface area contributed by atoms with Gasteiger partial charge in [-0.15, -0.1) is 0 Å². The average molecular weight is 196 g/mol. The summed E-state index contributed by atoms with van der Waals surface area (Å²) in [7, 11) is 0. The quantitative estimate of drug-likeness (QED) is 0.803. The number of aliphatic carboxylic acids is 1. The summed E-state index contributed by atoms with van der Waals surface area (Å²) in [6.07, 6.45) is 1.06. The number of halogens is 1. The van der Waals surface area contributed by atoms with Crippen LogP contribution in [0.15, 0.2) is 18.2 Å². The molecule has 0 saturated carbocycles. The van der Waals surface area contributed by atoms with Crippen molar-refractivity contribution in [1.82, 2.24) is 0 Å². The Bertz CT molecular complexity index is 334. The van der Waals surface area contributed by atoms with E-state index in [9.17, 15) is 9.18 Å². The number of aryl methyl sites for hydroxylation is 2. The number of carbonyl (C=O) groups is 1. The van der Waals surface area contributed by atoms with E-state index >= 15 is 0 Å². The summed E-state index contributed by atoms with van der Waals surface area (Å²) < 4.78 is 13.4. The molecule has 0 atom stereocenters. The Hall–Kier alpha value is -1.38. The van der Waals surface area contributed by atoms with Crippen LogP contribution in [0.1, 0.15) is 24.0 Å². The highest BCUT2D eigenvalue weighted by Gasteiger charge is 2.05. The zero-order valence-electron chi connectivity index (χ0n) is 8.09. The Morgan fingerprint density at radius 1 is 1.50 bits per heavy atom. The first-order valence-electron chi connectivity index (χ1n) is 4.57. The highest BCUT2D eigenvalue weighted by molar-refractivity contribution is 5.66. The van der Waals surface area contributed by atoms with Crippen molar-refractivity contribution in [1.29, 1.82) is 0 Å². The van der Waals surface area contributed by atoms with Crippen molar-refractivity contribution >= 4 is 5.97 Å². The summed E-state index contributed by atoms with van der Waals surface area (Å²) in [5.74, 6) is -1.05. The maximum atomic E-state index is 13.4. The summed E-state index contributed by atoms with van der Waals surface area (Å²) in [6.45, 7) is 1.70. The molecule has 0 saturated heterocycles. The topological polar surface area (TPSA) is 37.3 Å². The second-order valence-corrected chi connectivity index (χ2v) is 3.30. The van der Waals surface area contributed by atoms with Crippen LogP contribution in [0.3, 0.4) is 0 Å². The molecular formula is C11H13FO2. The van der Waals surface area contributed by atoms with Crippen LogP contribution in [0.2, 0.25) is 0 Å². The van der Waals surface area contributed by atoms with Crippen LogP contribution in [-0.4, -0.2) is 11.1 Å². The molecule has 0 bridgehead atoms. The number of rotatable bonds is 4. The molecule has 0 spiro atoms. The lowest BCUT2D eigenvalue weighted by Gasteiger charge is -2.03. The van der Waals surface area contributed by atoms with Crippen molar-refractivity contribution < 1.29 is 14.3 Å². The van der Waals surface area contributed by atoms with Crippen molar-refractivity contribution in [3.63, 3.8) is 0 Å². The minimum Gasteiger partial charge on any atom is -0.481 e. The SMILES string of the molecule is Cc1cccc(CCCC(=O)O)c1F. The number of hydrogen-bond donors (Lipinski definition) is 1. The molecule has 1 aromatic carbocycles. The van der Waals surface area contributed by atoms with Gasteiger partial charge in [0.05, 0.1) is 0 Å². The van der Waals surface area contributed by atoms with Crippen molar-refractivity contribution in [3.05, 3.63) is 35.1 Å². The Morgan fingerprint density at radius 3 is 2.86 bits per heavy atom. The van der Waals surface area contributed by atoms with Gasteiger partial charge in [0.1, 0.15) is 5.82 Å². The first-order chi connectivity index (χ1) is 6.61. The van der Waals surface area contributed by atoms with Gasteiger partial charge in [0, 0.05) is 6.42 Å². The monoisotopic (exact) mass is 196 g/mol. The van der Waals surface area contributed by atoms with E-state index in [1.807, 2.05) is 0 Å². The van der Waals surface area contributed by atoms with E-state index in [0.29, 0.717) is 24.0 Å². The number of carboxylic acids is 1. The smallest absolute Gasteiger partial charge is 0.303 e. The second kappa shape index (κ2) is 4.74. The van der Waals surface area contributed by atoms with Gasteiger partial charge in [0.2, 0.25) is 0 Å². The Labute approximate surface area is 82.4 Å². The van der Waals surface area contributed by atoms with Gasteiger partial charge >= 0.3 is 5.97 Å². The van der Waals surface area contributed by atoms with E-state index in [0.717, 1.165) is 0 Å². The van der Waals surface area contributed by atoms with Crippen molar-refractivity contribution in [2.45, 2.75) is 26.2 Å². The normalized spacial score (nSPS) is 10.1. The molecule has 1 aromatic rings. The van der Waals surface area contributed by atoms with Crippen LogP contribution < -0.4 is 0 Å². The van der Waals surface area contributed by atoms with Gasteiger partial charge in [0.15, 0.2) is 0 Å². The summed E-state index contributed by atoms with van der Waals surface area (Å²) >= 11 is 0. The van der Waals surface area contributed by atoms with Crippen molar-refractivity contribution in [3.8, 4) is 0 Å². The maximum Gasteiger partial charge on any atom is 0.303 e. The van der Waals surface area contributed by atoms with Gasteiger partial charge in [-0.2, -0.15) is 0 Å². The summed E-state index contributed by atoms with van der Waals surface area (Å²) in [4.78, 5) is 10.2. The molecule has 1 N–H and O–H groups in total. The van der Waals surface area contributed by atoms with Gasteiger partial charge in [-0.3, -0.25) is 4.79 Å². The molecule has 1 rings (SSSR count). The molecule has 2 nitrogen and oxygen atoms in total. The highest BCUT2D eigenvalue weighted by Crippen LogP contribution is 2.14. The zero-order chi connectivity index (χ0) is 10.6. The minimum atomic E-state index is -0.835. The molecule has 0 aromatic heterocycles. The third-order valence-corrected chi connectivity index (χ3v) is 2.11. The van der Waals surface area contributed by atoms with Crippen molar-refractivity contribution in [2.75, 3.05) is 0 Å². The first-order valence-corrected chi connectivity index (χ1v) is 4.57. The predicted molar refractivity (Wildman–Crippen MR) is 51.7 cm³/mol. The lowest BCUT2D eigenvalue weighted by molar-refractivity contribution is -0.137. The Balaban J connectivity index is 2.59. The van der Waals surface area contributed by atoms with Crippen LogP contribution in [0, 0.1) is 12.7 Å². The summed E-state index contributed by atoms with van der Waals surface area (Å²) in [5, 5.41) is 8.42. The molecule has 14 heavy (non-hydrogen) atoms. The second-order valence-electron chi connectivity index (χ2n) is 3.30. The molecule has 76 valence electrons. The molecule has 0 fully saturated rings. The van der Waals surface area contributed by atoms with E-state index in [1.54, 1.807) is 25.1 Å². The highest BCUT2D eigenvalue weighted by atomic mass is 19.1. The summed E-state index contributed by atoms with van der Waals surface area (Å²) in [5.41, 5.74) is 1.21. The van der Waals surface area contributed by atoms with E-state index in [2.05, 4.69) is 0 Å². The first kappa shape index (κ1) is 10.7. The van der Waals surface area contributed by atoms with Crippen LogP contribution in [0.25, 0.3) is 0 Å². The largest absolute Gasteiger partial charge is 0.481 e. The third kappa shape index (κ3) is 2.83. The van der Waals surface area contributed by atoms with Gasteiger partial charge in [0.25, 0.3) is 0 Å². The van der Waals surface area contributed by atoms with E-state index in [4.69, 9.17) is 5.11 Å². The molecule has 0 radical (unpaired) electrons. The van der Waals surface area contributed by atoms with Gasteiger partial charge in [-0.25, -0.2) is 4.39 Å².